The van der Waals surface area contributed by atoms with Crippen molar-refractivity contribution in [3.63, 3.8) is 0 Å². The first-order valence-electron chi connectivity index (χ1n) is 5.28. The molecule has 0 aromatic rings. The SMILES string of the molecule is C=CC(C=C)=C(C=C)/C(C=NC)=C(\C=C)NC. The third-order valence-corrected chi connectivity index (χ3v) is 2.27. The summed E-state index contributed by atoms with van der Waals surface area (Å²) >= 11 is 0. The summed E-state index contributed by atoms with van der Waals surface area (Å²) in [7, 11) is 3.56. The second kappa shape index (κ2) is 8.11. The Morgan fingerprint density at radius 3 is 1.82 bits per heavy atom. The van der Waals surface area contributed by atoms with Crippen LogP contribution in [0.5, 0.6) is 0 Å². The second-order valence-electron chi connectivity index (χ2n) is 3.15. The van der Waals surface area contributed by atoms with E-state index in [-0.39, 0.29) is 0 Å². The fraction of sp³-hybridized carbons (Fsp3) is 0.133. The summed E-state index contributed by atoms with van der Waals surface area (Å²) in [6.45, 7) is 15.1. The van der Waals surface area contributed by atoms with E-state index in [4.69, 9.17) is 0 Å². The molecule has 0 heterocycles. The summed E-state index contributed by atoms with van der Waals surface area (Å²) < 4.78 is 0. The summed E-state index contributed by atoms with van der Waals surface area (Å²) in [5.74, 6) is 0. The summed E-state index contributed by atoms with van der Waals surface area (Å²) in [5, 5.41) is 3.07. The van der Waals surface area contributed by atoms with Gasteiger partial charge in [-0.1, -0.05) is 44.5 Å². The Kier molecular flexibility index (Phi) is 7.11. The lowest BCUT2D eigenvalue weighted by Crippen LogP contribution is -2.09. The van der Waals surface area contributed by atoms with Crippen LogP contribution in [0.2, 0.25) is 0 Å². The minimum absolute atomic E-state index is 0.881. The number of likely N-dealkylation sites (N-methyl/N-ethyl adjacent to an activating group) is 1. The van der Waals surface area contributed by atoms with Gasteiger partial charge in [-0.05, 0) is 17.2 Å². The summed E-state index contributed by atoms with van der Waals surface area (Å²) in [6.07, 6.45) is 8.74. The van der Waals surface area contributed by atoms with Crippen molar-refractivity contribution in [2.75, 3.05) is 14.1 Å². The molecule has 0 spiro atoms. The van der Waals surface area contributed by atoms with Crippen molar-refractivity contribution in [3.8, 4) is 0 Å². The largest absolute Gasteiger partial charge is 0.388 e. The molecular formula is C15H20N2. The van der Waals surface area contributed by atoms with Crippen molar-refractivity contribution in [2.45, 2.75) is 0 Å². The molecule has 0 bridgehead atoms. The van der Waals surface area contributed by atoms with Crippen LogP contribution in [0.4, 0.5) is 0 Å². The predicted octanol–water partition coefficient (Wildman–Crippen LogP) is 3.20. The van der Waals surface area contributed by atoms with Gasteiger partial charge < -0.3 is 5.32 Å². The average molecular weight is 228 g/mol. The quantitative estimate of drug-likeness (QED) is 0.525. The van der Waals surface area contributed by atoms with Gasteiger partial charge in [0.25, 0.3) is 0 Å². The van der Waals surface area contributed by atoms with Gasteiger partial charge in [0.05, 0.1) is 0 Å². The Morgan fingerprint density at radius 1 is 0.941 bits per heavy atom. The maximum Gasteiger partial charge on any atom is 0.0427 e. The number of aliphatic imine (C=N–C) groups is 1. The van der Waals surface area contributed by atoms with Gasteiger partial charge in [0.2, 0.25) is 0 Å². The fourth-order valence-corrected chi connectivity index (χ4v) is 1.45. The van der Waals surface area contributed by atoms with E-state index < -0.39 is 0 Å². The minimum atomic E-state index is 0.881. The lowest BCUT2D eigenvalue weighted by Gasteiger charge is -2.11. The summed E-state index contributed by atoms with van der Waals surface area (Å²) in [4.78, 5) is 4.05. The molecule has 17 heavy (non-hydrogen) atoms. The van der Waals surface area contributed by atoms with E-state index in [1.807, 2.05) is 7.05 Å². The van der Waals surface area contributed by atoms with Crippen LogP contribution in [-0.2, 0) is 0 Å². The molecule has 0 aromatic heterocycles. The fourth-order valence-electron chi connectivity index (χ4n) is 1.45. The van der Waals surface area contributed by atoms with Crippen LogP contribution in [0.25, 0.3) is 0 Å². The highest BCUT2D eigenvalue weighted by atomic mass is 14.8. The number of nitrogens with zero attached hydrogens (tertiary/aromatic N) is 1. The van der Waals surface area contributed by atoms with Crippen LogP contribution in [0.15, 0.2) is 78.0 Å². The number of hydrogen-bond donors (Lipinski definition) is 1. The third-order valence-electron chi connectivity index (χ3n) is 2.27. The maximum absolute atomic E-state index is 4.05. The van der Waals surface area contributed by atoms with E-state index in [2.05, 4.69) is 36.6 Å². The molecule has 0 unspecified atom stereocenters. The van der Waals surface area contributed by atoms with E-state index >= 15 is 0 Å². The van der Waals surface area contributed by atoms with Crippen LogP contribution in [0.1, 0.15) is 0 Å². The van der Waals surface area contributed by atoms with E-state index in [1.54, 1.807) is 37.6 Å². The summed E-state index contributed by atoms with van der Waals surface area (Å²) in [5.41, 5.74) is 3.62. The highest BCUT2D eigenvalue weighted by Gasteiger charge is 2.07. The highest BCUT2D eigenvalue weighted by Crippen LogP contribution is 2.19. The molecule has 0 amide bonds. The van der Waals surface area contributed by atoms with Crippen molar-refractivity contribution in [3.05, 3.63) is 73.0 Å². The van der Waals surface area contributed by atoms with Gasteiger partial charge in [-0.15, -0.1) is 0 Å². The molecule has 0 aliphatic rings. The molecule has 0 saturated heterocycles. The number of allylic oxidation sites excluding steroid dienone is 7. The molecule has 1 N–H and O–H groups in total. The zero-order valence-electron chi connectivity index (χ0n) is 10.7. The molecule has 0 aromatic carbocycles. The van der Waals surface area contributed by atoms with Crippen LogP contribution in [0, 0.1) is 0 Å². The summed E-state index contributed by atoms with van der Waals surface area (Å²) in [6, 6.07) is 0. The Balaban J connectivity index is 6.09. The smallest absolute Gasteiger partial charge is 0.0427 e. The standard InChI is InChI=1S/C15H20N2/c1-7-12(8-2)13(9-3)14(11-16-5)15(10-4)17-6/h7-11,17H,1-4H2,5-6H3/b15-14+,16-11?. The van der Waals surface area contributed by atoms with E-state index in [0.29, 0.717) is 0 Å². The van der Waals surface area contributed by atoms with Crippen LogP contribution in [-0.4, -0.2) is 20.3 Å². The van der Waals surface area contributed by atoms with Crippen LogP contribution < -0.4 is 5.32 Å². The molecule has 2 heteroatoms. The van der Waals surface area contributed by atoms with Crippen molar-refractivity contribution < 1.29 is 0 Å². The minimum Gasteiger partial charge on any atom is -0.388 e. The molecule has 90 valence electrons. The van der Waals surface area contributed by atoms with Gasteiger partial charge in [0.1, 0.15) is 0 Å². The molecule has 0 aliphatic heterocycles. The lowest BCUT2D eigenvalue weighted by molar-refractivity contribution is 1.02. The van der Waals surface area contributed by atoms with E-state index in [0.717, 1.165) is 22.4 Å². The van der Waals surface area contributed by atoms with Gasteiger partial charge in [0.15, 0.2) is 0 Å². The van der Waals surface area contributed by atoms with Gasteiger partial charge in [0, 0.05) is 31.6 Å². The predicted molar refractivity (Wildman–Crippen MR) is 78.3 cm³/mol. The molecule has 0 saturated carbocycles. The van der Waals surface area contributed by atoms with Crippen LogP contribution in [0.3, 0.4) is 0 Å². The molecule has 0 rings (SSSR count). The number of rotatable bonds is 7. The first kappa shape index (κ1) is 14.9. The molecule has 2 nitrogen and oxygen atoms in total. The van der Waals surface area contributed by atoms with Crippen molar-refractivity contribution in [2.24, 2.45) is 4.99 Å². The molecule has 0 atom stereocenters. The van der Waals surface area contributed by atoms with Crippen molar-refractivity contribution >= 4 is 6.21 Å². The Bertz CT molecular complexity index is 397. The van der Waals surface area contributed by atoms with Crippen molar-refractivity contribution in [1.82, 2.24) is 5.32 Å². The normalized spacial score (nSPS) is 11.4. The number of nitrogens with one attached hydrogen (secondary N) is 1. The van der Waals surface area contributed by atoms with Crippen LogP contribution >= 0.6 is 0 Å². The molecular weight excluding hydrogens is 208 g/mol. The second-order valence-corrected chi connectivity index (χ2v) is 3.15. The topological polar surface area (TPSA) is 24.4 Å². The maximum atomic E-state index is 4.05. The van der Waals surface area contributed by atoms with E-state index in [1.165, 1.54) is 0 Å². The molecule has 0 radical (unpaired) electrons. The van der Waals surface area contributed by atoms with Gasteiger partial charge in [-0.3, -0.25) is 4.99 Å². The van der Waals surface area contributed by atoms with Crippen molar-refractivity contribution in [1.29, 1.82) is 0 Å². The van der Waals surface area contributed by atoms with E-state index in [9.17, 15) is 0 Å². The monoisotopic (exact) mass is 228 g/mol. The van der Waals surface area contributed by atoms with Gasteiger partial charge >= 0.3 is 0 Å². The molecule has 0 aliphatic carbocycles. The number of hydrogen-bond acceptors (Lipinski definition) is 2. The first-order valence-corrected chi connectivity index (χ1v) is 5.28. The zero-order valence-corrected chi connectivity index (χ0v) is 10.7. The van der Waals surface area contributed by atoms with Gasteiger partial charge in [-0.2, -0.15) is 0 Å². The van der Waals surface area contributed by atoms with Gasteiger partial charge in [-0.25, -0.2) is 0 Å². The average Bonchev–Trinajstić information content (AvgIpc) is 2.36. The Labute approximate surface area is 104 Å². The third kappa shape index (κ3) is 3.76. The Morgan fingerprint density at radius 2 is 1.53 bits per heavy atom. The lowest BCUT2D eigenvalue weighted by atomic mass is 9.98. The zero-order chi connectivity index (χ0) is 13.3. The Hall–Kier alpha value is -2.09. The highest BCUT2D eigenvalue weighted by molar-refractivity contribution is 5.88. The molecule has 0 fully saturated rings. The first-order chi connectivity index (χ1) is 8.19.